The van der Waals surface area contributed by atoms with Gasteiger partial charge in [0, 0.05) is 11.4 Å². The number of rotatable bonds is 8. The minimum atomic E-state index is -0.459. The number of fused-ring (bicyclic) bond motifs is 1. The summed E-state index contributed by atoms with van der Waals surface area (Å²) in [5.74, 6) is 1.11. The monoisotopic (exact) mass is 432 g/mol. The smallest absolute Gasteiger partial charge is 0.255 e. The molecule has 2 aromatic carbocycles. The lowest BCUT2D eigenvalue weighted by Gasteiger charge is -2.28. The van der Waals surface area contributed by atoms with Crippen molar-refractivity contribution in [2.75, 3.05) is 17.2 Å². The van der Waals surface area contributed by atoms with Crippen molar-refractivity contribution in [3.63, 3.8) is 0 Å². The zero-order chi connectivity index (χ0) is 22.5. The molecule has 2 heterocycles. The highest BCUT2D eigenvalue weighted by atomic mass is 16.5. The van der Waals surface area contributed by atoms with Gasteiger partial charge in [-0.25, -0.2) is 0 Å². The molecule has 8 heteroatoms. The summed E-state index contributed by atoms with van der Waals surface area (Å²) in [6, 6.07) is 15.0. The van der Waals surface area contributed by atoms with Gasteiger partial charge in [0.15, 0.2) is 0 Å². The highest BCUT2D eigenvalue weighted by molar-refractivity contribution is 6.06. The average Bonchev–Trinajstić information content (AvgIpc) is 3.26. The van der Waals surface area contributed by atoms with Crippen LogP contribution in [0.3, 0.4) is 0 Å². The maximum atomic E-state index is 13.4. The van der Waals surface area contributed by atoms with Gasteiger partial charge in [0.05, 0.1) is 12.2 Å². The summed E-state index contributed by atoms with van der Waals surface area (Å²) in [4.78, 5) is 13.4. The van der Waals surface area contributed by atoms with Crippen molar-refractivity contribution in [1.82, 2.24) is 20.2 Å². The first-order valence-electron chi connectivity index (χ1n) is 10.9. The Morgan fingerprint density at radius 3 is 2.66 bits per heavy atom. The van der Waals surface area contributed by atoms with E-state index in [-0.39, 0.29) is 5.91 Å². The summed E-state index contributed by atoms with van der Waals surface area (Å²) >= 11 is 0. The molecule has 0 saturated carbocycles. The molecule has 1 atom stereocenters. The lowest BCUT2D eigenvalue weighted by Crippen LogP contribution is -2.31. The van der Waals surface area contributed by atoms with Crippen LogP contribution < -0.4 is 15.4 Å². The molecule has 3 aromatic rings. The molecule has 0 saturated heterocycles. The van der Waals surface area contributed by atoms with Gasteiger partial charge in [0.1, 0.15) is 11.8 Å². The number of allylic oxidation sites excluding steroid dienone is 1. The molecular weight excluding hydrogens is 404 g/mol. The fourth-order valence-corrected chi connectivity index (χ4v) is 3.81. The van der Waals surface area contributed by atoms with Gasteiger partial charge < -0.3 is 15.4 Å². The van der Waals surface area contributed by atoms with E-state index in [0.29, 0.717) is 23.8 Å². The molecule has 0 radical (unpaired) electrons. The highest BCUT2D eigenvalue weighted by Gasteiger charge is 2.34. The Hall–Kier alpha value is -3.68. The minimum Gasteiger partial charge on any atom is -0.494 e. The van der Waals surface area contributed by atoms with E-state index in [1.165, 1.54) is 0 Å². The highest BCUT2D eigenvalue weighted by Crippen LogP contribution is 2.35. The summed E-state index contributed by atoms with van der Waals surface area (Å²) in [7, 11) is 0. The number of benzene rings is 2. The molecule has 0 bridgehead atoms. The van der Waals surface area contributed by atoms with Gasteiger partial charge in [-0.1, -0.05) is 55.2 Å². The summed E-state index contributed by atoms with van der Waals surface area (Å²) in [6.45, 7) is 6.69. The molecule has 0 fully saturated rings. The molecule has 1 amide bonds. The first-order chi connectivity index (χ1) is 15.6. The first-order valence-corrected chi connectivity index (χ1v) is 10.9. The zero-order valence-corrected chi connectivity index (χ0v) is 18.6. The lowest BCUT2D eigenvalue weighted by molar-refractivity contribution is -0.113. The van der Waals surface area contributed by atoms with Crippen molar-refractivity contribution in [3.05, 3.63) is 70.9 Å². The topological polar surface area (TPSA) is 94.0 Å². The minimum absolute atomic E-state index is 0.199. The third-order valence-electron chi connectivity index (χ3n) is 5.56. The number of tetrazole rings is 1. The van der Waals surface area contributed by atoms with E-state index in [0.717, 1.165) is 41.8 Å². The van der Waals surface area contributed by atoms with Gasteiger partial charge in [0.2, 0.25) is 5.95 Å². The van der Waals surface area contributed by atoms with Crippen LogP contribution >= 0.6 is 0 Å². The van der Waals surface area contributed by atoms with E-state index in [1.54, 1.807) is 4.68 Å². The van der Waals surface area contributed by atoms with Crippen LogP contribution in [0.15, 0.2) is 59.8 Å². The number of para-hydroxylation sites is 1. The van der Waals surface area contributed by atoms with E-state index in [9.17, 15) is 4.79 Å². The molecule has 1 aliphatic rings. The third-order valence-corrected chi connectivity index (χ3v) is 5.56. The van der Waals surface area contributed by atoms with Crippen LogP contribution in [-0.4, -0.2) is 32.7 Å². The molecule has 2 N–H and O–H groups in total. The summed E-state index contributed by atoms with van der Waals surface area (Å²) in [5.41, 5.74) is 3.94. The second-order valence-corrected chi connectivity index (χ2v) is 7.91. The Bertz CT molecular complexity index is 1120. The number of unbranched alkanes of at least 4 members (excludes halogenated alkanes) is 2. The normalized spacial score (nSPS) is 15.2. The molecule has 4 rings (SSSR count). The molecule has 1 aromatic heterocycles. The summed E-state index contributed by atoms with van der Waals surface area (Å²) in [5, 5.41) is 18.2. The molecular formula is C24H28N6O2. The number of anilines is 2. The zero-order valence-electron chi connectivity index (χ0n) is 18.6. The maximum Gasteiger partial charge on any atom is 0.255 e. The van der Waals surface area contributed by atoms with Crippen molar-refractivity contribution in [2.45, 2.75) is 46.1 Å². The van der Waals surface area contributed by atoms with Crippen molar-refractivity contribution >= 4 is 17.5 Å². The molecule has 32 heavy (non-hydrogen) atoms. The summed E-state index contributed by atoms with van der Waals surface area (Å²) < 4.78 is 7.48. The number of ether oxygens (including phenoxy) is 1. The van der Waals surface area contributed by atoms with E-state index < -0.39 is 6.04 Å². The van der Waals surface area contributed by atoms with E-state index in [2.05, 4.69) is 33.1 Å². The van der Waals surface area contributed by atoms with Crippen molar-refractivity contribution < 1.29 is 9.53 Å². The predicted molar refractivity (Wildman–Crippen MR) is 124 cm³/mol. The van der Waals surface area contributed by atoms with Gasteiger partial charge in [-0.2, -0.15) is 4.68 Å². The quantitative estimate of drug-likeness (QED) is 0.510. The van der Waals surface area contributed by atoms with Gasteiger partial charge in [-0.3, -0.25) is 4.79 Å². The van der Waals surface area contributed by atoms with Crippen LogP contribution in [0.5, 0.6) is 5.75 Å². The first kappa shape index (κ1) is 21.5. The number of nitrogens with zero attached hydrogens (tertiary/aromatic N) is 4. The van der Waals surface area contributed by atoms with Crippen LogP contribution in [0.25, 0.3) is 0 Å². The molecule has 8 nitrogen and oxygen atoms in total. The van der Waals surface area contributed by atoms with Crippen LogP contribution in [0.1, 0.15) is 50.3 Å². The van der Waals surface area contributed by atoms with Crippen molar-refractivity contribution in [3.8, 4) is 5.75 Å². The second-order valence-electron chi connectivity index (χ2n) is 7.91. The van der Waals surface area contributed by atoms with E-state index >= 15 is 0 Å². The van der Waals surface area contributed by atoms with Crippen LogP contribution in [0, 0.1) is 6.92 Å². The Morgan fingerprint density at radius 2 is 1.91 bits per heavy atom. The SMILES string of the molecule is CCCCCOc1ccc(C2C(C(=O)Nc3ccccc3C)=C(C)Nc3nnnn32)cc1. The molecule has 1 aliphatic heterocycles. The van der Waals surface area contributed by atoms with Gasteiger partial charge in [-0.15, -0.1) is 0 Å². The van der Waals surface area contributed by atoms with Crippen molar-refractivity contribution in [2.24, 2.45) is 0 Å². The number of hydrogen-bond acceptors (Lipinski definition) is 6. The molecule has 166 valence electrons. The molecule has 0 aliphatic carbocycles. The lowest BCUT2D eigenvalue weighted by atomic mass is 9.95. The predicted octanol–water partition coefficient (Wildman–Crippen LogP) is 4.48. The van der Waals surface area contributed by atoms with Crippen molar-refractivity contribution in [1.29, 1.82) is 0 Å². The maximum absolute atomic E-state index is 13.4. The third kappa shape index (κ3) is 4.49. The number of aromatic nitrogens is 4. The Balaban J connectivity index is 1.62. The van der Waals surface area contributed by atoms with Gasteiger partial charge >= 0.3 is 0 Å². The van der Waals surface area contributed by atoms with Gasteiger partial charge in [-0.05, 0) is 60.0 Å². The second kappa shape index (κ2) is 9.64. The van der Waals surface area contributed by atoms with Gasteiger partial charge in [0.25, 0.3) is 5.91 Å². The van der Waals surface area contributed by atoms with E-state index in [1.807, 2.05) is 62.4 Å². The van der Waals surface area contributed by atoms with Crippen LogP contribution in [0.2, 0.25) is 0 Å². The standard InChI is InChI=1S/C24H28N6O2/c1-4-5-8-15-32-19-13-11-18(12-14-19)22-21(17(3)25-24-27-28-29-30(22)24)23(31)26-20-10-7-6-9-16(20)2/h6-7,9-14,22H,4-5,8,15H2,1-3H3,(H,26,31)(H,25,27,29). The number of carbonyl (C=O) groups excluding carboxylic acids is 1. The number of amides is 1. The Kier molecular flexibility index (Phi) is 6.49. The summed E-state index contributed by atoms with van der Waals surface area (Å²) in [6.07, 6.45) is 3.34. The fourth-order valence-electron chi connectivity index (χ4n) is 3.81. The Labute approximate surface area is 187 Å². The fraction of sp³-hybridized carbons (Fsp3) is 0.333. The van der Waals surface area contributed by atoms with Crippen LogP contribution in [0.4, 0.5) is 11.6 Å². The molecule has 0 spiro atoms. The largest absolute Gasteiger partial charge is 0.494 e. The number of aryl methyl sites for hydroxylation is 1. The number of nitrogens with one attached hydrogen (secondary N) is 2. The van der Waals surface area contributed by atoms with Crippen LogP contribution in [-0.2, 0) is 4.79 Å². The number of carbonyl (C=O) groups is 1. The van der Waals surface area contributed by atoms with E-state index in [4.69, 9.17) is 4.74 Å². The average molecular weight is 433 g/mol. The number of hydrogen-bond donors (Lipinski definition) is 2. The Morgan fingerprint density at radius 1 is 1.12 bits per heavy atom. The molecule has 1 unspecified atom stereocenters.